The van der Waals surface area contributed by atoms with Crippen molar-refractivity contribution < 1.29 is 4.74 Å². The highest BCUT2D eigenvalue weighted by Gasteiger charge is 2.22. The molecule has 0 saturated heterocycles. The van der Waals surface area contributed by atoms with Crippen molar-refractivity contribution in [1.29, 1.82) is 0 Å². The average molecular weight is 368 g/mol. The van der Waals surface area contributed by atoms with Crippen molar-refractivity contribution in [2.24, 2.45) is 0 Å². The molecule has 0 spiro atoms. The summed E-state index contributed by atoms with van der Waals surface area (Å²) in [5.74, 6) is 1.39. The average Bonchev–Trinajstić information content (AvgIpc) is 3.05. The van der Waals surface area contributed by atoms with Gasteiger partial charge < -0.3 is 4.74 Å². The minimum Gasteiger partial charge on any atom is -0.496 e. The number of ether oxygens (including phenoxy) is 1. The van der Waals surface area contributed by atoms with Crippen molar-refractivity contribution in [3.8, 4) is 5.75 Å². The first-order valence-corrected chi connectivity index (χ1v) is 9.34. The maximum Gasteiger partial charge on any atom is 0.122 e. The Hall–Kier alpha value is -1.03. The van der Waals surface area contributed by atoms with Gasteiger partial charge in [0.15, 0.2) is 0 Å². The molecule has 1 heterocycles. The molecule has 1 aromatic carbocycles. The second-order valence-electron chi connectivity index (χ2n) is 6.52. The molecule has 2 rings (SSSR count). The first-order chi connectivity index (χ1) is 11.0. The number of para-hydroxylation sites is 1. The molecule has 24 heavy (non-hydrogen) atoms. The molecule has 4 heteroatoms. The summed E-state index contributed by atoms with van der Waals surface area (Å²) in [6.07, 6.45) is 1.11. The molecule has 0 bridgehead atoms. The number of nitrogens with zero attached hydrogens (tertiary/aromatic N) is 1. The van der Waals surface area contributed by atoms with Crippen molar-refractivity contribution in [1.82, 2.24) is 4.90 Å². The second kappa shape index (κ2) is 10.1. The van der Waals surface area contributed by atoms with Gasteiger partial charge in [-0.05, 0) is 58.2 Å². The Morgan fingerprint density at radius 3 is 2.21 bits per heavy atom. The lowest BCUT2D eigenvalue weighted by Gasteiger charge is -2.32. The van der Waals surface area contributed by atoms with E-state index < -0.39 is 0 Å². The predicted octanol–water partition coefficient (Wildman–Crippen LogP) is 5.82. The van der Waals surface area contributed by atoms with Crippen LogP contribution in [0.3, 0.4) is 0 Å². The van der Waals surface area contributed by atoms with E-state index in [1.54, 1.807) is 7.11 Å². The van der Waals surface area contributed by atoms with Gasteiger partial charge in [0.25, 0.3) is 0 Å². The first-order valence-electron chi connectivity index (χ1n) is 8.46. The fourth-order valence-corrected chi connectivity index (χ4v) is 4.17. The molecule has 0 amide bonds. The minimum atomic E-state index is 0. The van der Waals surface area contributed by atoms with E-state index in [4.69, 9.17) is 4.74 Å². The number of hydrogen-bond donors (Lipinski definition) is 0. The molecule has 0 radical (unpaired) electrons. The van der Waals surface area contributed by atoms with Crippen LogP contribution in [0, 0.1) is 0 Å². The highest BCUT2D eigenvalue weighted by atomic mass is 35.5. The van der Waals surface area contributed by atoms with E-state index in [0.29, 0.717) is 18.0 Å². The Kier molecular flexibility index (Phi) is 8.82. The van der Waals surface area contributed by atoms with Gasteiger partial charge >= 0.3 is 0 Å². The summed E-state index contributed by atoms with van der Waals surface area (Å²) in [6.45, 7) is 10.2. The normalized spacial score (nSPS) is 12.5. The highest BCUT2D eigenvalue weighted by molar-refractivity contribution is 7.10. The maximum atomic E-state index is 5.62. The SMILES string of the molecule is COc1ccccc1C(CCN(C(C)C)C(C)C)c1cccs1.Cl. The second-order valence-corrected chi connectivity index (χ2v) is 7.50. The Morgan fingerprint density at radius 1 is 1.00 bits per heavy atom. The lowest BCUT2D eigenvalue weighted by Crippen LogP contribution is -2.38. The maximum absolute atomic E-state index is 5.62. The van der Waals surface area contributed by atoms with E-state index in [-0.39, 0.29) is 12.4 Å². The molecule has 0 N–H and O–H groups in total. The zero-order valence-electron chi connectivity index (χ0n) is 15.4. The summed E-state index contributed by atoms with van der Waals surface area (Å²) in [5, 5.41) is 2.17. The van der Waals surface area contributed by atoms with Gasteiger partial charge in [0.2, 0.25) is 0 Å². The van der Waals surface area contributed by atoms with Crippen LogP contribution < -0.4 is 4.74 Å². The molecular weight excluding hydrogens is 338 g/mol. The van der Waals surface area contributed by atoms with Gasteiger partial charge in [0.05, 0.1) is 7.11 Å². The largest absolute Gasteiger partial charge is 0.496 e. The van der Waals surface area contributed by atoms with E-state index in [0.717, 1.165) is 18.7 Å². The Bertz CT molecular complexity index is 575. The lowest BCUT2D eigenvalue weighted by molar-refractivity contribution is 0.170. The third-order valence-electron chi connectivity index (χ3n) is 4.40. The predicted molar refractivity (Wildman–Crippen MR) is 108 cm³/mol. The van der Waals surface area contributed by atoms with Crippen LogP contribution in [0.15, 0.2) is 41.8 Å². The van der Waals surface area contributed by atoms with Gasteiger partial charge in [0.1, 0.15) is 5.75 Å². The van der Waals surface area contributed by atoms with Crippen LogP contribution in [0.4, 0.5) is 0 Å². The topological polar surface area (TPSA) is 12.5 Å². The highest BCUT2D eigenvalue weighted by Crippen LogP contribution is 2.36. The zero-order chi connectivity index (χ0) is 16.8. The number of rotatable bonds is 8. The van der Waals surface area contributed by atoms with E-state index in [1.165, 1.54) is 10.4 Å². The van der Waals surface area contributed by atoms with Crippen molar-refractivity contribution in [2.75, 3.05) is 13.7 Å². The van der Waals surface area contributed by atoms with E-state index in [2.05, 4.69) is 68.3 Å². The molecule has 1 aromatic heterocycles. The van der Waals surface area contributed by atoms with Crippen LogP contribution in [-0.4, -0.2) is 30.6 Å². The third kappa shape index (κ3) is 5.23. The number of thiophene rings is 1. The molecule has 0 aliphatic carbocycles. The summed E-state index contributed by atoms with van der Waals surface area (Å²) in [7, 11) is 1.76. The van der Waals surface area contributed by atoms with Gasteiger partial charge in [-0.15, -0.1) is 23.7 Å². The quantitative estimate of drug-likeness (QED) is 0.582. The molecule has 134 valence electrons. The van der Waals surface area contributed by atoms with Gasteiger partial charge in [-0.25, -0.2) is 0 Å². The smallest absolute Gasteiger partial charge is 0.122 e. The number of methoxy groups -OCH3 is 1. The van der Waals surface area contributed by atoms with Crippen LogP contribution >= 0.6 is 23.7 Å². The van der Waals surface area contributed by atoms with Crippen molar-refractivity contribution in [2.45, 2.75) is 52.1 Å². The number of hydrogen-bond acceptors (Lipinski definition) is 3. The van der Waals surface area contributed by atoms with Gasteiger partial charge in [-0.3, -0.25) is 4.90 Å². The summed E-state index contributed by atoms with van der Waals surface area (Å²) in [6, 6.07) is 14.0. The van der Waals surface area contributed by atoms with Crippen molar-refractivity contribution in [3.63, 3.8) is 0 Å². The van der Waals surface area contributed by atoms with Gasteiger partial charge in [0, 0.05) is 28.4 Å². The van der Waals surface area contributed by atoms with Crippen LogP contribution in [0.1, 0.15) is 50.5 Å². The Labute approximate surface area is 157 Å². The standard InChI is InChI=1S/C20H29NOS.ClH/c1-15(2)21(16(3)4)13-12-18(20-11-8-14-23-20)17-9-6-7-10-19(17)22-5;/h6-11,14-16,18H,12-13H2,1-5H3;1H. The molecule has 0 aliphatic rings. The molecule has 1 unspecified atom stereocenters. The van der Waals surface area contributed by atoms with E-state index >= 15 is 0 Å². The minimum absolute atomic E-state index is 0. The van der Waals surface area contributed by atoms with E-state index in [1.807, 2.05) is 17.4 Å². The monoisotopic (exact) mass is 367 g/mol. The van der Waals surface area contributed by atoms with Crippen molar-refractivity contribution >= 4 is 23.7 Å². The summed E-state index contributed by atoms with van der Waals surface area (Å²) in [5.41, 5.74) is 1.30. The molecule has 0 aliphatic heterocycles. The summed E-state index contributed by atoms with van der Waals surface area (Å²) in [4.78, 5) is 3.98. The molecule has 0 fully saturated rings. The van der Waals surface area contributed by atoms with Gasteiger partial charge in [-0.2, -0.15) is 0 Å². The molecular formula is C20H30ClNOS. The number of halogens is 1. The lowest BCUT2D eigenvalue weighted by atomic mass is 9.92. The third-order valence-corrected chi connectivity index (χ3v) is 5.39. The van der Waals surface area contributed by atoms with Crippen molar-refractivity contribution in [3.05, 3.63) is 52.2 Å². The van der Waals surface area contributed by atoms with Crippen LogP contribution in [0.2, 0.25) is 0 Å². The molecule has 0 saturated carbocycles. The van der Waals surface area contributed by atoms with Crippen LogP contribution in [0.5, 0.6) is 5.75 Å². The Morgan fingerprint density at radius 2 is 1.67 bits per heavy atom. The summed E-state index contributed by atoms with van der Waals surface area (Å²) < 4.78 is 5.62. The van der Waals surface area contributed by atoms with Gasteiger partial charge in [-0.1, -0.05) is 24.3 Å². The van der Waals surface area contributed by atoms with Crippen LogP contribution in [0.25, 0.3) is 0 Å². The molecule has 1 atom stereocenters. The van der Waals surface area contributed by atoms with Crippen LogP contribution in [-0.2, 0) is 0 Å². The zero-order valence-corrected chi connectivity index (χ0v) is 17.0. The molecule has 2 aromatic rings. The number of benzene rings is 1. The first kappa shape index (κ1) is 21.0. The summed E-state index contributed by atoms with van der Waals surface area (Å²) >= 11 is 1.84. The molecule has 2 nitrogen and oxygen atoms in total. The van der Waals surface area contributed by atoms with E-state index in [9.17, 15) is 0 Å². The Balaban J connectivity index is 0.00000288. The fourth-order valence-electron chi connectivity index (χ4n) is 3.29. The fraction of sp³-hybridized carbons (Fsp3) is 0.500.